The summed E-state index contributed by atoms with van der Waals surface area (Å²) in [5.74, 6) is -0.209. The number of hydrogen-bond acceptors (Lipinski definition) is 2. The van der Waals surface area contributed by atoms with Crippen LogP contribution in [0.5, 0.6) is 0 Å². The van der Waals surface area contributed by atoms with E-state index in [0.717, 1.165) is 10.6 Å². The molecule has 0 unspecified atom stereocenters. The zero-order valence-electron chi connectivity index (χ0n) is 8.12. The normalized spacial score (nSPS) is 10.8. The van der Waals surface area contributed by atoms with Crippen LogP contribution in [0.25, 0.3) is 0 Å². The number of hydrogen-bond donors (Lipinski definition) is 0. The molecule has 3 nitrogen and oxygen atoms in total. The smallest absolute Gasteiger partial charge is 0.270 e. The first-order valence-electron chi connectivity index (χ1n) is 3.91. The van der Waals surface area contributed by atoms with E-state index in [0.29, 0.717) is 6.42 Å². The van der Waals surface area contributed by atoms with Crippen LogP contribution in [0.2, 0.25) is 0 Å². The van der Waals surface area contributed by atoms with Gasteiger partial charge < -0.3 is 0 Å². The quantitative estimate of drug-likeness (QED) is 0.279. The van der Waals surface area contributed by atoms with Crippen LogP contribution in [0, 0.1) is 0 Å². The number of rotatable bonds is 5. The molecule has 0 N–H and O–H groups in total. The van der Waals surface area contributed by atoms with Crippen LogP contribution in [0.15, 0.2) is 37.0 Å². The predicted octanol–water partition coefficient (Wildman–Crippen LogP) is 1.69. The summed E-state index contributed by atoms with van der Waals surface area (Å²) >= 11 is 0. The standard InChI is InChI=1S/C10H15NO2/c1-5-7-9(6-2)8-10(12)11(3)13-4/h5-6,8H,1-2,7H2,3-4H3/b9-8-. The molecule has 3 heteroatoms. The second-order valence-corrected chi connectivity index (χ2v) is 2.43. The third-order valence-corrected chi connectivity index (χ3v) is 1.54. The molecule has 0 saturated heterocycles. The van der Waals surface area contributed by atoms with E-state index in [2.05, 4.69) is 13.2 Å². The van der Waals surface area contributed by atoms with E-state index in [1.807, 2.05) is 0 Å². The SMILES string of the molecule is C=CC/C(C=C)=C\C(=O)N(C)OC. The lowest BCUT2D eigenvalue weighted by atomic mass is 10.1. The van der Waals surface area contributed by atoms with Crippen LogP contribution in [-0.4, -0.2) is 25.1 Å². The number of carbonyl (C=O) groups excluding carboxylic acids is 1. The van der Waals surface area contributed by atoms with Gasteiger partial charge in [-0.3, -0.25) is 9.63 Å². The molecule has 13 heavy (non-hydrogen) atoms. The average Bonchev–Trinajstić information content (AvgIpc) is 2.15. The maximum Gasteiger partial charge on any atom is 0.270 e. The zero-order valence-corrected chi connectivity index (χ0v) is 8.12. The molecule has 0 spiro atoms. The van der Waals surface area contributed by atoms with Gasteiger partial charge in [-0.1, -0.05) is 18.7 Å². The molecule has 0 bridgehead atoms. The minimum absolute atomic E-state index is 0.209. The van der Waals surface area contributed by atoms with Crippen molar-refractivity contribution in [1.29, 1.82) is 0 Å². The van der Waals surface area contributed by atoms with Gasteiger partial charge in [-0.15, -0.1) is 6.58 Å². The average molecular weight is 181 g/mol. The number of hydroxylamine groups is 2. The highest BCUT2D eigenvalue weighted by atomic mass is 16.7. The zero-order chi connectivity index (χ0) is 10.3. The Hall–Kier alpha value is -1.35. The third-order valence-electron chi connectivity index (χ3n) is 1.54. The highest BCUT2D eigenvalue weighted by Crippen LogP contribution is 2.03. The second-order valence-electron chi connectivity index (χ2n) is 2.43. The van der Waals surface area contributed by atoms with Gasteiger partial charge in [0.1, 0.15) is 0 Å². The number of allylic oxidation sites excluding steroid dienone is 3. The van der Waals surface area contributed by atoms with Crippen LogP contribution in [0.3, 0.4) is 0 Å². The van der Waals surface area contributed by atoms with Crippen LogP contribution >= 0.6 is 0 Å². The fourth-order valence-electron chi connectivity index (χ4n) is 0.707. The monoisotopic (exact) mass is 181 g/mol. The van der Waals surface area contributed by atoms with Crippen molar-refractivity contribution in [3.63, 3.8) is 0 Å². The highest BCUT2D eigenvalue weighted by molar-refractivity contribution is 5.87. The highest BCUT2D eigenvalue weighted by Gasteiger charge is 2.03. The van der Waals surface area contributed by atoms with Gasteiger partial charge in [0.15, 0.2) is 0 Å². The largest absolute Gasteiger partial charge is 0.274 e. The Balaban J connectivity index is 4.40. The van der Waals surface area contributed by atoms with Gasteiger partial charge in [0, 0.05) is 13.1 Å². The van der Waals surface area contributed by atoms with Gasteiger partial charge in [-0.25, -0.2) is 5.06 Å². The van der Waals surface area contributed by atoms with Gasteiger partial charge in [0.2, 0.25) is 0 Å². The molecule has 0 aliphatic heterocycles. The van der Waals surface area contributed by atoms with Crippen LogP contribution in [0.1, 0.15) is 6.42 Å². The molecule has 0 aliphatic rings. The maximum absolute atomic E-state index is 11.3. The summed E-state index contributed by atoms with van der Waals surface area (Å²) < 4.78 is 0. The Bertz CT molecular complexity index is 231. The Morgan fingerprint density at radius 2 is 2.15 bits per heavy atom. The number of carbonyl (C=O) groups is 1. The molecule has 1 amide bonds. The molecule has 0 fully saturated rings. The van der Waals surface area contributed by atoms with Gasteiger partial charge in [-0.05, 0) is 12.0 Å². The third kappa shape index (κ3) is 4.28. The van der Waals surface area contributed by atoms with Gasteiger partial charge in [0.05, 0.1) is 7.11 Å². The summed E-state index contributed by atoms with van der Waals surface area (Å²) in [4.78, 5) is 16.0. The molecule has 0 atom stereocenters. The van der Waals surface area contributed by atoms with Crippen molar-refractivity contribution in [2.45, 2.75) is 6.42 Å². The summed E-state index contributed by atoms with van der Waals surface area (Å²) in [6.45, 7) is 7.17. The molecular weight excluding hydrogens is 166 g/mol. The van der Waals surface area contributed by atoms with Gasteiger partial charge in [-0.2, -0.15) is 0 Å². The first-order valence-corrected chi connectivity index (χ1v) is 3.91. The summed E-state index contributed by atoms with van der Waals surface area (Å²) in [6, 6.07) is 0. The summed E-state index contributed by atoms with van der Waals surface area (Å²) in [5.41, 5.74) is 0.823. The van der Waals surface area contributed by atoms with E-state index < -0.39 is 0 Å². The number of likely N-dealkylation sites (N-methyl/N-ethyl adjacent to an activating group) is 1. The van der Waals surface area contributed by atoms with Gasteiger partial charge >= 0.3 is 0 Å². The Morgan fingerprint density at radius 1 is 1.54 bits per heavy atom. The summed E-state index contributed by atoms with van der Waals surface area (Å²) in [6.07, 6.45) is 5.45. The molecular formula is C10H15NO2. The molecule has 0 aromatic heterocycles. The van der Waals surface area contributed by atoms with E-state index in [-0.39, 0.29) is 5.91 Å². The van der Waals surface area contributed by atoms with Crippen molar-refractivity contribution < 1.29 is 9.63 Å². The fraction of sp³-hybridized carbons (Fsp3) is 0.300. The first kappa shape index (κ1) is 11.6. The Labute approximate surface area is 78.9 Å². The topological polar surface area (TPSA) is 29.5 Å². The van der Waals surface area contributed by atoms with Crippen molar-refractivity contribution in [2.75, 3.05) is 14.2 Å². The molecule has 0 saturated carbocycles. The van der Waals surface area contributed by atoms with E-state index >= 15 is 0 Å². The lowest BCUT2D eigenvalue weighted by molar-refractivity contribution is -0.162. The van der Waals surface area contributed by atoms with Crippen LogP contribution in [0.4, 0.5) is 0 Å². The van der Waals surface area contributed by atoms with E-state index in [9.17, 15) is 4.79 Å². The van der Waals surface area contributed by atoms with E-state index in [1.165, 1.54) is 13.2 Å². The lowest BCUT2D eigenvalue weighted by Crippen LogP contribution is -2.23. The van der Waals surface area contributed by atoms with Crippen molar-refractivity contribution in [1.82, 2.24) is 5.06 Å². The molecule has 0 aliphatic carbocycles. The molecule has 0 rings (SSSR count). The van der Waals surface area contributed by atoms with Crippen molar-refractivity contribution in [3.8, 4) is 0 Å². The van der Waals surface area contributed by atoms with Crippen LogP contribution in [-0.2, 0) is 9.63 Å². The van der Waals surface area contributed by atoms with E-state index in [1.54, 1.807) is 19.2 Å². The first-order chi connectivity index (χ1) is 6.15. The lowest BCUT2D eigenvalue weighted by Gasteiger charge is -2.11. The predicted molar refractivity (Wildman–Crippen MR) is 52.9 cm³/mol. The summed E-state index contributed by atoms with van der Waals surface area (Å²) in [7, 11) is 2.99. The molecule has 0 heterocycles. The molecule has 0 aromatic carbocycles. The van der Waals surface area contributed by atoms with E-state index in [4.69, 9.17) is 4.84 Å². The van der Waals surface area contributed by atoms with Gasteiger partial charge in [0.25, 0.3) is 5.91 Å². The van der Waals surface area contributed by atoms with Crippen molar-refractivity contribution in [3.05, 3.63) is 37.0 Å². The Morgan fingerprint density at radius 3 is 2.54 bits per heavy atom. The summed E-state index contributed by atoms with van der Waals surface area (Å²) in [5, 5.41) is 1.15. The number of amides is 1. The van der Waals surface area contributed by atoms with Crippen molar-refractivity contribution in [2.24, 2.45) is 0 Å². The molecule has 0 radical (unpaired) electrons. The molecule has 72 valence electrons. The minimum Gasteiger partial charge on any atom is -0.274 e. The number of nitrogens with zero attached hydrogens (tertiary/aromatic N) is 1. The Kier molecular flexibility index (Phi) is 5.55. The van der Waals surface area contributed by atoms with Crippen molar-refractivity contribution >= 4 is 5.91 Å². The van der Waals surface area contributed by atoms with Crippen LogP contribution < -0.4 is 0 Å². The molecule has 0 aromatic rings. The second kappa shape index (κ2) is 6.20. The fourth-order valence-corrected chi connectivity index (χ4v) is 0.707. The minimum atomic E-state index is -0.209. The maximum atomic E-state index is 11.3.